The average molecular weight is 276 g/mol. The molecule has 0 heterocycles. The van der Waals surface area contributed by atoms with Gasteiger partial charge in [-0.3, -0.25) is 4.79 Å². The highest BCUT2D eigenvalue weighted by Crippen LogP contribution is 2.33. The summed E-state index contributed by atoms with van der Waals surface area (Å²) in [7, 11) is 3.46. The van der Waals surface area contributed by atoms with Crippen LogP contribution in [0.1, 0.15) is 18.4 Å². The van der Waals surface area contributed by atoms with Crippen LogP contribution in [0.15, 0.2) is 30.3 Å². The molecule has 108 valence electrons. The number of amides is 2. The summed E-state index contributed by atoms with van der Waals surface area (Å²) in [5.41, 5.74) is 0.970. The highest BCUT2D eigenvalue weighted by Gasteiger charge is 2.40. The summed E-state index contributed by atoms with van der Waals surface area (Å²) in [5.74, 6) is 0.0546. The van der Waals surface area contributed by atoms with Crippen LogP contribution in [0.2, 0.25) is 0 Å². The van der Waals surface area contributed by atoms with E-state index in [-0.39, 0.29) is 17.9 Å². The van der Waals surface area contributed by atoms with E-state index in [9.17, 15) is 14.7 Å². The minimum Gasteiger partial charge on any atom is -0.465 e. The Morgan fingerprint density at radius 3 is 2.30 bits per heavy atom. The number of hydrogen-bond donors (Lipinski definition) is 1. The molecular weight excluding hydrogens is 256 g/mol. The standard InChI is InChI=1S/C15H20N2O3/c1-16(2)14(18)12-8-13(9-12)17(15(19)20)10-11-6-4-3-5-7-11/h3-7,12-13H,8-10H2,1-2H3,(H,19,20). The Morgan fingerprint density at radius 2 is 1.80 bits per heavy atom. The summed E-state index contributed by atoms with van der Waals surface area (Å²) in [6.45, 7) is 0.379. The van der Waals surface area contributed by atoms with Gasteiger partial charge >= 0.3 is 6.09 Å². The maximum Gasteiger partial charge on any atom is 0.407 e. The van der Waals surface area contributed by atoms with Gasteiger partial charge in [0.25, 0.3) is 0 Å². The minimum absolute atomic E-state index is 0.0346. The zero-order chi connectivity index (χ0) is 14.7. The molecule has 5 nitrogen and oxygen atoms in total. The first-order valence-corrected chi connectivity index (χ1v) is 6.73. The number of hydrogen-bond acceptors (Lipinski definition) is 2. The van der Waals surface area contributed by atoms with E-state index in [2.05, 4.69) is 0 Å². The quantitative estimate of drug-likeness (QED) is 0.915. The van der Waals surface area contributed by atoms with Crippen LogP contribution in [0, 0.1) is 5.92 Å². The Hall–Kier alpha value is -2.04. The molecule has 1 fully saturated rings. The minimum atomic E-state index is -0.922. The molecule has 0 saturated heterocycles. The van der Waals surface area contributed by atoms with E-state index in [1.54, 1.807) is 19.0 Å². The molecule has 1 N–H and O–H groups in total. The lowest BCUT2D eigenvalue weighted by Crippen LogP contribution is -2.50. The van der Waals surface area contributed by atoms with Crippen LogP contribution < -0.4 is 0 Å². The van der Waals surface area contributed by atoms with E-state index in [0.29, 0.717) is 19.4 Å². The summed E-state index contributed by atoms with van der Waals surface area (Å²) < 4.78 is 0. The topological polar surface area (TPSA) is 60.9 Å². The highest BCUT2D eigenvalue weighted by molar-refractivity contribution is 5.79. The smallest absolute Gasteiger partial charge is 0.407 e. The number of carboxylic acid groups (broad SMARTS) is 1. The van der Waals surface area contributed by atoms with Crippen LogP contribution in [-0.2, 0) is 11.3 Å². The van der Waals surface area contributed by atoms with Gasteiger partial charge in [0.2, 0.25) is 5.91 Å². The molecule has 1 aromatic carbocycles. The van der Waals surface area contributed by atoms with Crippen molar-refractivity contribution < 1.29 is 14.7 Å². The van der Waals surface area contributed by atoms with E-state index in [1.165, 1.54) is 4.90 Å². The fourth-order valence-corrected chi connectivity index (χ4v) is 2.54. The first kappa shape index (κ1) is 14.4. The third kappa shape index (κ3) is 3.10. The summed E-state index contributed by atoms with van der Waals surface area (Å²) in [5, 5.41) is 9.33. The van der Waals surface area contributed by atoms with Crippen molar-refractivity contribution in [1.82, 2.24) is 9.80 Å². The molecule has 0 atom stereocenters. The molecular formula is C15H20N2O3. The fourth-order valence-electron chi connectivity index (χ4n) is 2.54. The maximum absolute atomic E-state index is 11.8. The molecule has 0 bridgehead atoms. The molecule has 0 spiro atoms. The van der Waals surface area contributed by atoms with Gasteiger partial charge in [0.15, 0.2) is 0 Å². The van der Waals surface area contributed by atoms with E-state index >= 15 is 0 Å². The fraction of sp³-hybridized carbons (Fsp3) is 0.467. The first-order valence-electron chi connectivity index (χ1n) is 6.73. The van der Waals surface area contributed by atoms with Crippen molar-refractivity contribution >= 4 is 12.0 Å². The van der Waals surface area contributed by atoms with Crippen LogP contribution in [0.3, 0.4) is 0 Å². The van der Waals surface area contributed by atoms with Crippen molar-refractivity contribution in [3.05, 3.63) is 35.9 Å². The Balaban J connectivity index is 1.95. The summed E-state index contributed by atoms with van der Waals surface area (Å²) in [6, 6.07) is 9.47. The molecule has 0 aliphatic heterocycles. The molecule has 1 saturated carbocycles. The van der Waals surface area contributed by atoms with Crippen LogP contribution in [0.5, 0.6) is 0 Å². The predicted molar refractivity (Wildman–Crippen MR) is 75.2 cm³/mol. The molecule has 0 aromatic heterocycles. The van der Waals surface area contributed by atoms with Gasteiger partial charge in [-0.15, -0.1) is 0 Å². The third-order valence-corrected chi connectivity index (χ3v) is 3.79. The molecule has 20 heavy (non-hydrogen) atoms. The van der Waals surface area contributed by atoms with E-state index in [1.807, 2.05) is 30.3 Å². The molecule has 0 radical (unpaired) electrons. The Morgan fingerprint density at radius 1 is 1.20 bits per heavy atom. The van der Waals surface area contributed by atoms with Crippen LogP contribution >= 0.6 is 0 Å². The Labute approximate surface area is 118 Å². The van der Waals surface area contributed by atoms with Gasteiger partial charge in [-0.05, 0) is 18.4 Å². The van der Waals surface area contributed by atoms with Crippen molar-refractivity contribution in [2.24, 2.45) is 5.92 Å². The second-order valence-corrected chi connectivity index (χ2v) is 5.45. The van der Waals surface area contributed by atoms with Gasteiger partial charge in [-0.2, -0.15) is 0 Å². The highest BCUT2D eigenvalue weighted by atomic mass is 16.4. The van der Waals surface area contributed by atoms with Gasteiger partial charge in [-0.25, -0.2) is 4.79 Å². The van der Waals surface area contributed by atoms with Crippen LogP contribution in [-0.4, -0.2) is 47.0 Å². The summed E-state index contributed by atoms with van der Waals surface area (Å²) in [4.78, 5) is 26.2. The molecule has 2 amide bonds. The zero-order valence-electron chi connectivity index (χ0n) is 11.8. The lowest BCUT2D eigenvalue weighted by atomic mass is 9.78. The second kappa shape index (κ2) is 5.94. The predicted octanol–water partition coefficient (Wildman–Crippen LogP) is 2.03. The number of carbonyl (C=O) groups is 2. The van der Waals surface area contributed by atoms with E-state index in [4.69, 9.17) is 0 Å². The number of nitrogens with zero attached hydrogens (tertiary/aromatic N) is 2. The lowest BCUT2D eigenvalue weighted by Gasteiger charge is -2.41. The van der Waals surface area contributed by atoms with Crippen molar-refractivity contribution in [1.29, 1.82) is 0 Å². The number of carbonyl (C=O) groups excluding carboxylic acids is 1. The van der Waals surface area contributed by atoms with Crippen molar-refractivity contribution in [3.63, 3.8) is 0 Å². The molecule has 1 aliphatic rings. The third-order valence-electron chi connectivity index (χ3n) is 3.79. The first-order chi connectivity index (χ1) is 9.49. The Kier molecular flexibility index (Phi) is 4.27. The van der Waals surface area contributed by atoms with E-state index in [0.717, 1.165) is 5.56 Å². The second-order valence-electron chi connectivity index (χ2n) is 5.45. The largest absolute Gasteiger partial charge is 0.465 e. The van der Waals surface area contributed by atoms with Gasteiger partial charge < -0.3 is 14.9 Å². The lowest BCUT2D eigenvalue weighted by molar-refractivity contribution is -0.137. The van der Waals surface area contributed by atoms with Crippen molar-refractivity contribution in [2.75, 3.05) is 14.1 Å². The zero-order valence-corrected chi connectivity index (χ0v) is 11.8. The molecule has 1 aliphatic carbocycles. The van der Waals surface area contributed by atoms with Crippen molar-refractivity contribution in [2.45, 2.75) is 25.4 Å². The van der Waals surface area contributed by atoms with Gasteiger partial charge in [0.1, 0.15) is 0 Å². The number of rotatable bonds is 4. The van der Waals surface area contributed by atoms with Crippen LogP contribution in [0.25, 0.3) is 0 Å². The molecule has 0 unspecified atom stereocenters. The summed E-state index contributed by atoms with van der Waals surface area (Å²) in [6.07, 6.45) is 0.321. The van der Waals surface area contributed by atoms with Gasteiger partial charge in [0, 0.05) is 32.6 Å². The van der Waals surface area contributed by atoms with Gasteiger partial charge in [0.05, 0.1) is 0 Å². The number of benzene rings is 1. The summed E-state index contributed by atoms with van der Waals surface area (Å²) >= 11 is 0. The van der Waals surface area contributed by atoms with E-state index < -0.39 is 6.09 Å². The SMILES string of the molecule is CN(C)C(=O)C1CC(N(Cc2ccccc2)C(=O)O)C1. The molecule has 5 heteroatoms. The van der Waals surface area contributed by atoms with Crippen LogP contribution in [0.4, 0.5) is 4.79 Å². The normalized spacial score (nSPS) is 20.9. The molecule has 1 aromatic rings. The van der Waals surface area contributed by atoms with Gasteiger partial charge in [-0.1, -0.05) is 30.3 Å². The maximum atomic E-state index is 11.8. The molecule has 2 rings (SSSR count). The Bertz CT molecular complexity index is 481. The monoisotopic (exact) mass is 276 g/mol. The average Bonchev–Trinajstić information content (AvgIpc) is 2.36. The van der Waals surface area contributed by atoms with Crippen molar-refractivity contribution in [3.8, 4) is 0 Å².